The molecule has 0 saturated heterocycles. The molecule has 0 aliphatic carbocycles. The zero-order valence-electron chi connectivity index (χ0n) is 10.4. The molecule has 1 amide bonds. The van der Waals surface area contributed by atoms with Gasteiger partial charge in [-0.05, 0) is 18.2 Å². The number of phenols is 1. The van der Waals surface area contributed by atoms with Gasteiger partial charge >= 0.3 is 5.97 Å². The lowest BCUT2D eigenvalue weighted by Gasteiger charge is -2.07. The SMILES string of the molecule is COCCOCC(=O)Nc1ccc(O)c(C(=O)O)c1. The maximum Gasteiger partial charge on any atom is 0.339 e. The van der Waals surface area contributed by atoms with E-state index in [9.17, 15) is 14.7 Å². The number of anilines is 1. The highest BCUT2D eigenvalue weighted by molar-refractivity contribution is 5.95. The zero-order valence-corrected chi connectivity index (χ0v) is 10.4. The van der Waals surface area contributed by atoms with Crippen molar-refractivity contribution in [2.24, 2.45) is 0 Å². The Morgan fingerprint density at radius 2 is 2.05 bits per heavy atom. The number of benzene rings is 1. The fourth-order valence-corrected chi connectivity index (χ4v) is 1.29. The fraction of sp³-hybridized carbons (Fsp3) is 0.333. The number of aromatic carboxylic acids is 1. The van der Waals surface area contributed by atoms with Gasteiger partial charge in [0.25, 0.3) is 0 Å². The zero-order chi connectivity index (χ0) is 14.3. The third kappa shape index (κ3) is 4.94. The predicted octanol–water partition coefficient (Wildman–Crippen LogP) is 0.692. The van der Waals surface area contributed by atoms with E-state index in [4.69, 9.17) is 14.6 Å². The Bertz CT molecular complexity index is 460. The number of hydrogen-bond acceptors (Lipinski definition) is 5. The van der Waals surface area contributed by atoms with Crippen molar-refractivity contribution in [1.29, 1.82) is 0 Å². The predicted molar refractivity (Wildman–Crippen MR) is 66.4 cm³/mol. The van der Waals surface area contributed by atoms with Crippen LogP contribution in [0.4, 0.5) is 5.69 Å². The Hall–Kier alpha value is -2.12. The van der Waals surface area contributed by atoms with Crippen LogP contribution in [-0.4, -0.2) is 49.0 Å². The van der Waals surface area contributed by atoms with E-state index in [0.29, 0.717) is 13.2 Å². The van der Waals surface area contributed by atoms with Crippen molar-refractivity contribution in [1.82, 2.24) is 0 Å². The number of carbonyl (C=O) groups is 2. The summed E-state index contributed by atoms with van der Waals surface area (Å²) in [7, 11) is 1.52. The number of hydrogen-bond donors (Lipinski definition) is 3. The highest BCUT2D eigenvalue weighted by atomic mass is 16.5. The van der Waals surface area contributed by atoms with Crippen molar-refractivity contribution in [3.05, 3.63) is 23.8 Å². The minimum absolute atomic E-state index is 0.160. The van der Waals surface area contributed by atoms with Gasteiger partial charge in [-0.15, -0.1) is 0 Å². The minimum atomic E-state index is -1.27. The monoisotopic (exact) mass is 269 g/mol. The molecule has 0 fully saturated rings. The van der Waals surface area contributed by atoms with Crippen molar-refractivity contribution in [2.75, 3.05) is 32.2 Å². The Kier molecular flexibility index (Phi) is 5.77. The Morgan fingerprint density at radius 3 is 2.68 bits per heavy atom. The van der Waals surface area contributed by atoms with E-state index in [1.165, 1.54) is 25.3 Å². The summed E-state index contributed by atoms with van der Waals surface area (Å²) in [5.74, 6) is -2.05. The van der Waals surface area contributed by atoms with Crippen LogP contribution in [-0.2, 0) is 14.3 Å². The molecule has 0 saturated carbocycles. The number of nitrogens with one attached hydrogen (secondary N) is 1. The Balaban J connectivity index is 2.55. The molecule has 1 aromatic carbocycles. The van der Waals surface area contributed by atoms with E-state index in [2.05, 4.69) is 5.32 Å². The molecule has 0 unspecified atom stereocenters. The lowest BCUT2D eigenvalue weighted by atomic mass is 10.2. The fourth-order valence-electron chi connectivity index (χ4n) is 1.29. The third-order valence-electron chi connectivity index (χ3n) is 2.18. The number of carboxylic acids is 1. The molecule has 0 aliphatic heterocycles. The van der Waals surface area contributed by atoms with Gasteiger partial charge in [0.1, 0.15) is 17.9 Å². The van der Waals surface area contributed by atoms with Crippen molar-refractivity contribution in [3.63, 3.8) is 0 Å². The first-order valence-corrected chi connectivity index (χ1v) is 5.47. The molecular weight excluding hydrogens is 254 g/mol. The molecule has 0 radical (unpaired) electrons. The van der Waals surface area contributed by atoms with Crippen LogP contribution in [0.25, 0.3) is 0 Å². The van der Waals surface area contributed by atoms with Crippen LogP contribution in [0, 0.1) is 0 Å². The van der Waals surface area contributed by atoms with Gasteiger partial charge in [0.15, 0.2) is 0 Å². The van der Waals surface area contributed by atoms with E-state index in [-0.39, 0.29) is 23.6 Å². The second-order valence-electron chi connectivity index (χ2n) is 3.63. The Morgan fingerprint density at radius 1 is 1.32 bits per heavy atom. The van der Waals surface area contributed by atoms with Gasteiger partial charge in [-0.25, -0.2) is 4.79 Å². The maximum atomic E-state index is 11.5. The van der Waals surface area contributed by atoms with Crippen LogP contribution in [0.2, 0.25) is 0 Å². The van der Waals surface area contributed by atoms with Crippen molar-refractivity contribution in [2.45, 2.75) is 0 Å². The third-order valence-corrected chi connectivity index (χ3v) is 2.18. The molecular formula is C12H15NO6. The number of rotatable bonds is 7. The molecule has 0 aliphatic rings. The van der Waals surface area contributed by atoms with E-state index < -0.39 is 11.9 Å². The molecule has 0 heterocycles. The standard InChI is InChI=1S/C12H15NO6/c1-18-4-5-19-7-11(15)13-8-2-3-10(14)9(6-8)12(16)17/h2-3,6,14H,4-5,7H2,1H3,(H,13,15)(H,16,17). The van der Waals surface area contributed by atoms with Crippen LogP contribution in [0.1, 0.15) is 10.4 Å². The van der Waals surface area contributed by atoms with Gasteiger partial charge < -0.3 is 25.0 Å². The van der Waals surface area contributed by atoms with E-state index in [0.717, 1.165) is 0 Å². The molecule has 0 spiro atoms. The topological polar surface area (TPSA) is 105 Å². The summed E-state index contributed by atoms with van der Waals surface area (Å²) in [6.45, 7) is 0.516. The average Bonchev–Trinajstić information content (AvgIpc) is 2.36. The number of aromatic hydroxyl groups is 1. The maximum absolute atomic E-state index is 11.5. The van der Waals surface area contributed by atoms with Crippen molar-refractivity contribution in [3.8, 4) is 5.75 Å². The second kappa shape index (κ2) is 7.34. The number of amides is 1. The molecule has 7 nitrogen and oxygen atoms in total. The van der Waals surface area contributed by atoms with Gasteiger partial charge in [-0.2, -0.15) is 0 Å². The largest absolute Gasteiger partial charge is 0.507 e. The molecule has 0 atom stereocenters. The van der Waals surface area contributed by atoms with E-state index >= 15 is 0 Å². The van der Waals surface area contributed by atoms with Crippen LogP contribution < -0.4 is 5.32 Å². The molecule has 0 aromatic heterocycles. The molecule has 7 heteroatoms. The lowest BCUT2D eigenvalue weighted by molar-refractivity contribution is -0.121. The first-order chi connectivity index (χ1) is 9.04. The van der Waals surface area contributed by atoms with Gasteiger partial charge in [0.05, 0.1) is 13.2 Å². The molecule has 3 N–H and O–H groups in total. The summed E-state index contributed by atoms with van der Waals surface area (Å²) in [6.07, 6.45) is 0. The van der Waals surface area contributed by atoms with Crippen LogP contribution in [0.5, 0.6) is 5.75 Å². The summed E-state index contributed by atoms with van der Waals surface area (Å²) in [6, 6.07) is 3.77. The van der Waals surface area contributed by atoms with E-state index in [1.54, 1.807) is 0 Å². The van der Waals surface area contributed by atoms with Crippen molar-refractivity contribution >= 4 is 17.6 Å². The molecule has 19 heavy (non-hydrogen) atoms. The molecule has 0 bridgehead atoms. The number of ether oxygens (including phenoxy) is 2. The second-order valence-corrected chi connectivity index (χ2v) is 3.63. The first-order valence-electron chi connectivity index (χ1n) is 5.47. The normalized spacial score (nSPS) is 10.2. The summed E-state index contributed by atoms with van der Waals surface area (Å²) in [5, 5.41) is 20.6. The van der Waals surface area contributed by atoms with Crippen LogP contribution >= 0.6 is 0 Å². The lowest BCUT2D eigenvalue weighted by Crippen LogP contribution is -2.19. The summed E-state index contributed by atoms with van der Waals surface area (Å²) < 4.78 is 9.75. The van der Waals surface area contributed by atoms with Gasteiger partial charge in [-0.3, -0.25) is 4.79 Å². The van der Waals surface area contributed by atoms with Gasteiger partial charge in [-0.1, -0.05) is 0 Å². The summed E-state index contributed by atoms with van der Waals surface area (Å²) >= 11 is 0. The minimum Gasteiger partial charge on any atom is -0.507 e. The number of carbonyl (C=O) groups excluding carboxylic acids is 1. The Labute approximate surface area is 109 Å². The quantitative estimate of drug-likeness (QED) is 0.497. The van der Waals surface area contributed by atoms with E-state index in [1.807, 2.05) is 0 Å². The molecule has 1 aromatic rings. The van der Waals surface area contributed by atoms with Gasteiger partial charge in [0.2, 0.25) is 5.91 Å². The molecule has 104 valence electrons. The molecule has 1 rings (SSSR count). The van der Waals surface area contributed by atoms with Crippen LogP contribution in [0.15, 0.2) is 18.2 Å². The van der Waals surface area contributed by atoms with Gasteiger partial charge in [0, 0.05) is 12.8 Å². The summed E-state index contributed by atoms with van der Waals surface area (Å²) in [5.41, 5.74) is -0.00589. The number of methoxy groups -OCH3 is 1. The highest BCUT2D eigenvalue weighted by Gasteiger charge is 2.11. The first kappa shape index (κ1) is 14.9. The summed E-state index contributed by atoms with van der Waals surface area (Å²) in [4.78, 5) is 22.2. The van der Waals surface area contributed by atoms with Crippen LogP contribution in [0.3, 0.4) is 0 Å². The van der Waals surface area contributed by atoms with Crippen molar-refractivity contribution < 1.29 is 29.3 Å². The highest BCUT2D eigenvalue weighted by Crippen LogP contribution is 2.21. The smallest absolute Gasteiger partial charge is 0.339 e. The average molecular weight is 269 g/mol. The number of carboxylic acid groups (broad SMARTS) is 1.